The van der Waals surface area contributed by atoms with E-state index in [9.17, 15) is 22.8 Å². The number of carbonyl (C=O) groups is 3. The van der Waals surface area contributed by atoms with Crippen molar-refractivity contribution in [1.82, 2.24) is 14.5 Å². The van der Waals surface area contributed by atoms with Crippen molar-refractivity contribution in [3.63, 3.8) is 0 Å². The normalized spacial score (nSPS) is 17.6. The summed E-state index contributed by atoms with van der Waals surface area (Å²) in [5, 5.41) is 3.75. The zero-order valence-electron chi connectivity index (χ0n) is 19.7. The highest BCUT2D eigenvalue weighted by atomic mass is 35.5. The lowest BCUT2D eigenvalue weighted by molar-refractivity contribution is -0.141. The minimum Gasteiger partial charge on any atom is -0.352 e. The van der Waals surface area contributed by atoms with E-state index < -0.39 is 34.4 Å². The van der Waals surface area contributed by atoms with Crippen molar-refractivity contribution >= 4 is 50.9 Å². The molecule has 0 aromatic heterocycles. The maximum atomic E-state index is 13.6. The van der Waals surface area contributed by atoms with E-state index in [4.69, 9.17) is 23.2 Å². The summed E-state index contributed by atoms with van der Waals surface area (Å²) in [5.74, 6) is -1.77. The first-order valence-electron chi connectivity index (χ1n) is 11.8. The fraction of sp³-hybridized carbons (Fsp3) is 0.400. The Bertz CT molecular complexity index is 1290. The van der Waals surface area contributed by atoms with E-state index in [0.29, 0.717) is 19.9 Å². The number of benzene rings is 2. The van der Waals surface area contributed by atoms with Crippen LogP contribution in [0, 0.1) is 0 Å². The van der Waals surface area contributed by atoms with Crippen LogP contribution in [0.3, 0.4) is 0 Å². The average Bonchev–Trinajstić information content (AvgIpc) is 3.41. The van der Waals surface area contributed by atoms with Gasteiger partial charge in [-0.3, -0.25) is 14.4 Å². The van der Waals surface area contributed by atoms with Crippen LogP contribution < -0.4 is 5.32 Å². The zero-order chi connectivity index (χ0) is 26.0. The van der Waals surface area contributed by atoms with E-state index in [1.54, 1.807) is 25.1 Å². The van der Waals surface area contributed by atoms with Crippen LogP contribution in [-0.2, 0) is 26.2 Å². The summed E-state index contributed by atoms with van der Waals surface area (Å²) < 4.78 is 26.6. The van der Waals surface area contributed by atoms with Gasteiger partial charge in [-0.05, 0) is 49.1 Å². The minimum atomic E-state index is -4.19. The Hall–Kier alpha value is -2.62. The highest BCUT2D eigenvalue weighted by Gasteiger charge is 2.43. The molecule has 1 N–H and O–H groups in total. The Morgan fingerprint density at radius 3 is 2.47 bits per heavy atom. The molecule has 1 atom stereocenters. The Morgan fingerprint density at radius 1 is 1.14 bits per heavy atom. The standard InChI is InChI=1S/C25H27Cl2N3O5S/c1-2-21(24(32)28-18-7-3-4-8-18)29(14-16-11-12-17(26)13-20(16)27)23(31)15-30-25(33)19-9-5-6-10-22(19)36(30,34)35/h5-6,9-13,18,21H,2-4,7-8,14-15H2,1H3,(H,28,32)/t21-/m1/s1. The molecule has 2 aromatic carbocycles. The molecular formula is C25H27Cl2N3O5S. The van der Waals surface area contributed by atoms with Gasteiger partial charge in [0.2, 0.25) is 11.8 Å². The second-order valence-corrected chi connectivity index (χ2v) is 11.7. The number of sulfonamides is 1. The number of nitrogens with zero attached hydrogens (tertiary/aromatic N) is 2. The number of halogens is 2. The fourth-order valence-corrected chi connectivity index (χ4v) is 6.71. The molecule has 0 unspecified atom stereocenters. The van der Waals surface area contributed by atoms with Gasteiger partial charge in [-0.2, -0.15) is 0 Å². The van der Waals surface area contributed by atoms with Gasteiger partial charge in [-0.25, -0.2) is 12.7 Å². The molecule has 1 heterocycles. The van der Waals surface area contributed by atoms with Crippen molar-refractivity contribution in [2.45, 2.75) is 62.6 Å². The highest BCUT2D eigenvalue weighted by molar-refractivity contribution is 7.90. The molecule has 2 aromatic rings. The number of rotatable bonds is 8. The van der Waals surface area contributed by atoms with Crippen LogP contribution in [0.5, 0.6) is 0 Å². The Labute approximate surface area is 220 Å². The van der Waals surface area contributed by atoms with Gasteiger partial charge in [0.15, 0.2) is 0 Å². The van der Waals surface area contributed by atoms with Crippen molar-refractivity contribution < 1.29 is 22.8 Å². The monoisotopic (exact) mass is 551 g/mol. The summed E-state index contributed by atoms with van der Waals surface area (Å²) in [4.78, 5) is 40.9. The van der Waals surface area contributed by atoms with Gasteiger partial charge >= 0.3 is 0 Å². The fourth-order valence-electron chi connectivity index (χ4n) is 4.72. The van der Waals surface area contributed by atoms with Crippen LogP contribution in [-0.4, -0.2) is 54.0 Å². The van der Waals surface area contributed by atoms with Crippen LogP contribution in [0.15, 0.2) is 47.4 Å². The summed E-state index contributed by atoms with van der Waals surface area (Å²) in [6.07, 6.45) is 4.09. The molecule has 2 aliphatic rings. The summed E-state index contributed by atoms with van der Waals surface area (Å²) in [7, 11) is -4.19. The molecule has 0 saturated heterocycles. The van der Waals surface area contributed by atoms with Crippen LogP contribution in [0.2, 0.25) is 10.0 Å². The third-order valence-electron chi connectivity index (χ3n) is 6.63. The van der Waals surface area contributed by atoms with Crippen LogP contribution in [0.25, 0.3) is 0 Å². The van der Waals surface area contributed by atoms with Crippen molar-refractivity contribution in [3.8, 4) is 0 Å². The molecule has 0 radical (unpaired) electrons. The number of fused-ring (bicyclic) bond motifs is 1. The minimum absolute atomic E-state index is 0.0172. The van der Waals surface area contributed by atoms with Gasteiger partial charge in [-0.15, -0.1) is 0 Å². The molecule has 4 rings (SSSR count). The van der Waals surface area contributed by atoms with Gasteiger partial charge in [0.25, 0.3) is 15.9 Å². The molecular weight excluding hydrogens is 525 g/mol. The molecule has 0 bridgehead atoms. The molecule has 1 fully saturated rings. The van der Waals surface area contributed by atoms with E-state index in [-0.39, 0.29) is 35.4 Å². The van der Waals surface area contributed by atoms with Gasteiger partial charge in [-0.1, -0.05) is 61.2 Å². The summed E-state index contributed by atoms with van der Waals surface area (Å²) >= 11 is 12.4. The molecule has 0 spiro atoms. The first kappa shape index (κ1) is 26.4. The molecule has 1 aliphatic heterocycles. The Kier molecular flexibility index (Phi) is 7.92. The topological polar surface area (TPSA) is 104 Å². The van der Waals surface area contributed by atoms with E-state index in [0.717, 1.165) is 25.7 Å². The van der Waals surface area contributed by atoms with Gasteiger partial charge < -0.3 is 10.2 Å². The zero-order valence-corrected chi connectivity index (χ0v) is 22.1. The second kappa shape index (κ2) is 10.8. The van der Waals surface area contributed by atoms with Crippen molar-refractivity contribution in [2.24, 2.45) is 0 Å². The predicted molar refractivity (Wildman–Crippen MR) is 136 cm³/mol. The molecule has 3 amide bonds. The highest BCUT2D eigenvalue weighted by Crippen LogP contribution is 2.30. The molecule has 8 nitrogen and oxygen atoms in total. The van der Waals surface area contributed by atoms with Crippen LogP contribution in [0.4, 0.5) is 0 Å². The quantitative estimate of drug-likeness (QED) is 0.533. The van der Waals surface area contributed by atoms with E-state index >= 15 is 0 Å². The van der Waals surface area contributed by atoms with Gasteiger partial charge in [0, 0.05) is 22.6 Å². The number of amides is 3. The summed E-state index contributed by atoms with van der Waals surface area (Å²) in [6.45, 7) is 0.991. The second-order valence-electron chi connectivity index (χ2n) is 8.98. The molecule has 192 valence electrons. The molecule has 11 heteroatoms. The van der Waals surface area contributed by atoms with E-state index in [2.05, 4.69) is 5.32 Å². The SMILES string of the molecule is CC[C@H](C(=O)NC1CCCC1)N(Cc1ccc(Cl)cc1Cl)C(=O)CN1C(=O)c2ccccc2S1(=O)=O. The lowest BCUT2D eigenvalue weighted by Crippen LogP contribution is -2.53. The van der Waals surface area contributed by atoms with Gasteiger partial charge in [0.05, 0.1) is 5.56 Å². The van der Waals surface area contributed by atoms with Crippen LogP contribution >= 0.6 is 23.2 Å². The molecule has 36 heavy (non-hydrogen) atoms. The Balaban J connectivity index is 1.63. The third kappa shape index (κ3) is 5.23. The predicted octanol–water partition coefficient (Wildman–Crippen LogP) is 4.00. The third-order valence-corrected chi connectivity index (χ3v) is 9.01. The average molecular weight is 552 g/mol. The first-order valence-corrected chi connectivity index (χ1v) is 14.0. The molecule has 1 saturated carbocycles. The largest absolute Gasteiger partial charge is 0.352 e. The van der Waals surface area contributed by atoms with E-state index in [1.807, 2.05) is 0 Å². The number of carbonyl (C=O) groups excluding carboxylic acids is 3. The number of hydrogen-bond acceptors (Lipinski definition) is 5. The van der Waals surface area contributed by atoms with Crippen LogP contribution in [0.1, 0.15) is 54.9 Å². The van der Waals surface area contributed by atoms with Crippen molar-refractivity contribution in [1.29, 1.82) is 0 Å². The first-order chi connectivity index (χ1) is 17.1. The number of nitrogens with one attached hydrogen (secondary N) is 1. The molecule has 1 aliphatic carbocycles. The maximum absolute atomic E-state index is 13.6. The van der Waals surface area contributed by atoms with E-state index in [1.165, 1.54) is 29.2 Å². The summed E-state index contributed by atoms with van der Waals surface area (Å²) in [6, 6.07) is 9.79. The number of hydrogen-bond donors (Lipinski definition) is 1. The van der Waals surface area contributed by atoms with Crippen molar-refractivity contribution in [3.05, 3.63) is 63.6 Å². The maximum Gasteiger partial charge on any atom is 0.269 e. The summed E-state index contributed by atoms with van der Waals surface area (Å²) in [5.41, 5.74) is 0.559. The lowest BCUT2D eigenvalue weighted by atomic mass is 10.1. The van der Waals surface area contributed by atoms with Gasteiger partial charge in [0.1, 0.15) is 17.5 Å². The Morgan fingerprint density at radius 2 is 1.83 bits per heavy atom. The van der Waals surface area contributed by atoms with Crippen molar-refractivity contribution in [2.75, 3.05) is 6.54 Å². The smallest absolute Gasteiger partial charge is 0.269 e. The lowest BCUT2D eigenvalue weighted by Gasteiger charge is -2.32.